The molecule has 1 aromatic rings. The average molecular weight is 344 g/mol. The van der Waals surface area contributed by atoms with Crippen LogP contribution < -0.4 is 10.6 Å². The number of amides is 1. The lowest BCUT2D eigenvalue weighted by Gasteiger charge is -2.24. The fourth-order valence-electron chi connectivity index (χ4n) is 3.51. The van der Waals surface area contributed by atoms with Crippen molar-refractivity contribution in [1.82, 2.24) is 15.5 Å². The third kappa shape index (κ3) is 4.72. The van der Waals surface area contributed by atoms with Crippen molar-refractivity contribution >= 4 is 11.9 Å². The lowest BCUT2D eigenvalue weighted by molar-refractivity contribution is -0.119. The number of rotatable bonds is 5. The lowest BCUT2D eigenvalue weighted by atomic mass is 9.87. The van der Waals surface area contributed by atoms with Gasteiger partial charge >= 0.3 is 0 Å². The van der Waals surface area contributed by atoms with E-state index in [0.717, 1.165) is 57.2 Å². The van der Waals surface area contributed by atoms with Crippen LogP contribution in [0.15, 0.2) is 35.3 Å². The number of guanidine groups is 1. The highest BCUT2D eigenvalue weighted by molar-refractivity contribution is 5.85. The monoisotopic (exact) mass is 344 g/mol. The van der Waals surface area contributed by atoms with Crippen molar-refractivity contribution in [1.29, 1.82) is 0 Å². The first-order valence-corrected chi connectivity index (χ1v) is 9.12. The summed E-state index contributed by atoms with van der Waals surface area (Å²) in [5.74, 6) is 0.776. The van der Waals surface area contributed by atoms with Gasteiger partial charge in [0.05, 0.1) is 6.61 Å². The van der Waals surface area contributed by atoms with Gasteiger partial charge in [0.1, 0.15) is 6.54 Å². The third-order valence-corrected chi connectivity index (χ3v) is 4.96. The number of ether oxygens (including phenoxy) is 1. The fraction of sp³-hybridized carbons (Fsp3) is 0.579. The summed E-state index contributed by atoms with van der Waals surface area (Å²) in [6.07, 6.45) is 2.26. The number of likely N-dealkylation sites (tertiary alicyclic amines) is 1. The Morgan fingerprint density at radius 3 is 2.84 bits per heavy atom. The Kier molecular flexibility index (Phi) is 5.91. The van der Waals surface area contributed by atoms with Crippen LogP contribution in [0, 0.1) is 5.41 Å². The van der Waals surface area contributed by atoms with Gasteiger partial charge in [-0.3, -0.25) is 4.79 Å². The molecule has 136 valence electrons. The van der Waals surface area contributed by atoms with Crippen LogP contribution >= 0.6 is 0 Å². The molecule has 1 amide bonds. The van der Waals surface area contributed by atoms with Crippen LogP contribution in [0.3, 0.4) is 0 Å². The first-order valence-electron chi connectivity index (χ1n) is 9.12. The molecule has 2 fully saturated rings. The van der Waals surface area contributed by atoms with Crippen molar-refractivity contribution in [2.75, 3.05) is 39.4 Å². The van der Waals surface area contributed by atoms with Crippen LogP contribution in [0.25, 0.3) is 0 Å². The van der Waals surface area contributed by atoms with Crippen LogP contribution in [0.5, 0.6) is 0 Å². The highest BCUT2D eigenvalue weighted by Crippen LogP contribution is 2.38. The third-order valence-electron chi connectivity index (χ3n) is 4.96. The molecule has 0 aliphatic carbocycles. The second-order valence-electron chi connectivity index (χ2n) is 6.91. The molecular weight excluding hydrogens is 316 g/mol. The maximum Gasteiger partial charge on any atom is 0.242 e. The molecule has 6 nitrogen and oxygen atoms in total. The molecule has 2 N–H and O–H groups in total. The predicted molar refractivity (Wildman–Crippen MR) is 98.3 cm³/mol. The van der Waals surface area contributed by atoms with Gasteiger partial charge in [-0.1, -0.05) is 30.3 Å². The topological polar surface area (TPSA) is 66.0 Å². The van der Waals surface area contributed by atoms with Gasteiger partial charge < -0.3 is 20.3 Å². The molecule has 25 heavy (non-hydrogen) atoms. The minimum atomic E-state index is -0.0580. The molecule has 1 unspecified atom stereocenters. The highest BCUT2D eigenvalue weighted by atomic mass is 16.5. The molecule has 2 saturated heterocycles. The van der Waals surface area contributed by atoms with Crippen LogP contribution in [0.2, 0.25) is 0 Å². The summed E-state index contributed by atoms with van der Waals surface area (Å²) in [4.78, 5) is 18.9. The molecule has 3 rings (SSSR count). The summed E-state index contributed by atoms with van der Waals surface area (Å²) in [6.45, 7) is 7.18. The molecule has 0 radical (unpaired) electrons. The number of carbonyl (C=O) groups is 1. The van der Waals surface area contributed by atoms with E-state index in [0.29, 0.717) is 6.54 Å². The van der Waals surface area contributed by atoms with Crippen LogP contribution in [0.4, 0.5) is 0 Å². The Morgan fingerprint density at radius 1 is 1.28 bits per heavy atom. The molecule has 0 bridgehead atoms. The first kappa shape index (κ1) is 17.7. The first-order chi connectivity index (χ1) is 12.2. The van der Waals surface area contributed by atoms with Crippen LogP contribution in [-0.4, -0.2) is 56.2 Å². The quantitative estimate of drug-likeness (QED) is 0.626. The van der Waals surface area contributed by atoms with E-state index in [1.54, 1.807) is 0 Å². The Hall–Kier alpha value is -2.08. The predicted octanol–water partition coefficient (Wildman–Crippen LogP) is 1.38. The van der Waals surface area contributed by atoms with Gasteiger partial charge in [0, 0.05) is 38.2 Å². The standard InChI is InChI=1S/C19H28N4O2/c1-2-20-18(23-10-8-19(14-23)9-11-25-15-19)22-13-17(24)21-12-16-6-4-3-5-7-16/h3-7H,2,8-15H2,1H3,(H,20,22)(H,21,24). The van der Waals surface area contributed by atoms with Gasteiger partial charge in [0.2, 0.25) is 5.91 Å². The molecule has 1 atom stereocenters. The van der Waals surface area contributed by atoms with E-state index in [1.165, 1.54) is 0 Å². The largest absolute Gasteiger partial charge is 0.381 e. The maximum atomic E-state index is 12.1. The molecule has 2 aliphatic rings. The zero-order valence-corrected chi connectivity index (χ0v) is 15.0. The van der Waals surface area contributed by atoms with Gasteiger partial charge in [0.15, 0.2) is 5.96 Å². The van der Waals surface area contributed by atoms with E-state index < -0.39 is 0 Å². The Bertz CT molecular complexity index is 597. The Morgan fingerprint density at radius 2 is 2.12 bits per heavy atom. The normalized spacial score (nSPS) is 23.2. The summed E-state index contributed by atoms with van der Waals surface area (Å²) in [7, 11) is 0. The molecule has 0 saturated carbocycles. The van der Waals surface area contributed by atoms with Gasteiger partial charge in [0.25, 0.3) is 0 Å². The van der Waals surface area contributed by atoms with E-state index >= 15 is 0 Å². The zero-order valence-electron chi connectivity index (χ0n) is 15.0. The van der Waals surface area contributed by atoms with Gasteiger partial charge in [-0.25, -0.2) is 4.99 Å². The fourth-order valence-corrected chi connectivity index (χ4v) is 3.51. The van der Waals surface area contributed by atoms with E-state index in [-0.39, 0.29) is 17.9 Å². The molecular formula is C19H28N4O2. The van der Waals surface area contributed by atoms with Crippen LogP contribution in [0.1, 0.15) is 25.3 Å². The lowest BCUT2D eigenvalue weighted by Crippen LogP contribution is -2.42. The van der Waals surface area contributed by atoms with Crippen molar-refractivity contribution in [2.24, 2.45) is 10.4 Å². The molecule has 1 spiro atoms. The van der Waals surface area contributed by atoms with Gasteiger partial charge in [-0.05, 0) is 25.3 Å². The Labute approximate surface area is 149 Å². The van der Waals surface area contributed by atoms with Crippen molar-refractivity contribution in [3.63, 3.8) is 0 Å². The van der Waals surface area contributed by atoms with Crippen molar-refractivity contribution in [2.45, 2.75) is 26.3 Å². The molecule has 0 aromatic heterocycles. The number of carbonyl (C=O) groups excluding carboxylic acids is 1. The Balaban J connectivity index is 1.52. The number of hydrogen-bond donors (Lipinski definition) is 2. The van der Waals surface area contributed by atoms with Crippen molar-refractivity contribution in [3.05, 3.63) is 35.9 Å². The van der Waals surface area contributed by atoms with E-state index in [1.807, 2.05) is 30.3 Å². The summed E-state index contributed by atoms with van der Waals surface area (Å²) < 4.78 is 5.59. The van der Waals surface area contributed by atoms with Crippen molar-refractivity contribution < 1.29 is 9.53 Å². The van der Waals surface area contributed by atoms with E-state index in [2.05, 4.69) is 27.4 Å². The van der Waals surface area contributed by atoms with Crippen LogP contribution in [-0.2, 0) is 16.1 Å². The number of nitrogens with zero attached hydrogens (tertiary/aromatic N) is 2. The maximum absolute atomic E-state index is 12.1. The van der Waals surface area contributed by atoms with Gasteiger partial charge in [-0.15, -0.1) is 0 Å². The molecule has 1 aromatic carbocycles. The number of hydrogen-bond acceptors (Lipinski definition) is 3. The SMILES string of the molecule is CCNC(=NCC(=O)NCc1ccccc1)N1CCC2(CCOC2)C1. The minimum absolute atomic E-state index is 0.0580. The summed E-state index contributed by atoms with van der Waals surface area (Å²) in [5.41, 5.74) is 1.38. The van der Waals surface area contributed by atoms with E-state index in [4.69, 9.17) is 4.74 Å². The number of benzene rings is 1. The number of aliphatic imine (C=N–C) groups is 1. The second kappa shape index (κ2) is 8.34. The van der Waals surface area contributed by atoms with Crippen molar-refractivity contribution in [3.8, 4) is 0 Å². The average Bonchev–Trinajstić information content (AvgIpc) is 3.28. The summed E-state index contributed by atoms with van der Waals surface area (Å²) in [5, 5.41) is 6.24. The minimum Gasteiger partial charge on any atom is -0.381 e. The smallest absolute Gasteiger partial charge is 0.242 e. The number of nitrogens with one attached hydrogen (secondary N) is 2. The summed E-state index contributed by atoms with van der Waals surface area (Å²) in [6, 6.07) is 9.91. The van der Waals surface area contributed by atoms with E-state index in [9.17, 15) is 4.79 Å². The van der Waals surface area contributed by atoms with Gasteiger partial charge in [-0.2, -0.15) is 0 Å². The zero-order chi connectivity index (χ0) is 17.5. The molecule has 6 heteroatoms. The second-order valence-corrected chi connectivity index (χ2v) is 6.91. The summed E-state index contributed by atoms with van der Waals surface area (Å²) >= 11 is 0. The molecule has 2 aliphatic heterocycles. The molecule has 2 heterocycles. The highest BCUT2D eigenvalue weighted by Gasteiger charge is 2.42.